The predicted molar refractivity (Wildman–Crippen MR) is 102 cm³/mol. The van der Waals surface area contributed by atoms with Gasteiger partial charge >= 0.3 is 0 Å². The third-order valence-electron chi connectivity index (χ3n) is 5.08. The predicted octanol–water partition coefficient (Wildman–Crippen LogP) is 3.81. The summed E-state index contributed by atoms with van der Waals surface area (Å²) in [6, 6.07) is 8.67. The highest BCUT2D eigenvalue weighted by atomic mass is 32.1. The lowest BCUT2D eigenvalue weighted by Gasteiger charge is -2.28. The molecule has 1 fully saturated rings. The first kappa shape index (κ1) is 17.0. The minimum Gasteiger partial charge on any atom is -0.352 e. The number of thiocarbonyl (C=S) groups is 1. The molecule has 0 radical (unpaired) electrons. The molecule has 128 valence electrons. The van der Waals surface area contributed by atoms with Crippen LogP contribution in [0, 0.1) is 13.8 Å². The van der Waals surface area contributed by atoms with Crippen LogP contribution in [0.25, 0.3) is 0 Å². The molecule has 3 rings (SSSR count). The van der Waals surface area contributed by atoms with Crippen LogP contribution in [0.15, 0.2) is 30.5 Å². The van der Waals surface area contributed by atoms with Crippen LogP contribution in [0.2, 0.25) is 0 Å². The van der Waals surface area contributed by atoms with Gasteiger partial charge < -0.3 is 14.8 Å². The largest absolute Gasteiger partial charge is 0.352 e. The van der Waals surface area contributed by atoms with E-state index in [-0.39, 0.29) is 12.1 Å². The average Bonchev–Trinajstić information content (AvgIpc) is 3.05. The van der Waals surface area contributed by atoms with Gasteiger partial charge in [0.1, 0.15) is 0 Å². The van der Waals surface area contributed by atoms with Crippen molar-refractivity contribution in [3.05, 3.63) is 53.1 Å². The second-order valence-electron chi connectivity index (χ2n) is 6.56. The molecule has 1 aliphatic heterocycles. The van der Waals surface area contributed by atoms with Crippen LogP contribution in [0.3, 0.4) is 0 Å². The second kappa shape index (κ2) is 6.93. The summed E-state index contributed by atoms with van der Waals surface area (Å²) in [7, 11) is 2.13. The zero-order chi connectivity index (χ0) is 17.3. The Kier molecular flexibility index (Phi) is 4.90. The van der Waals surface area contributed by atoms with Crippen molar-refractivity contribution in [3.63, 3.8) is 0 Å². The van der Waals surface area contributed by atoms with Gasteiger partial charge in [-0.15, -0.1) is 0 Å². The standard InChI is InChI=1S/C19H26N4S/c1-5-6-11-23-18(15-12-13(2)22(4)14(15)3)17(21-19(23)24)16-9-7-8-10-20-16/h7-10,12,17-18H,5-6,11H2,1-4H3,(H,21,24)/t17-,18-/m0/s1. The number of hydrogen-bond acceptors (Lipinski definition) is 2. The molecular weight excluding hydrogens is 316 g/mol. The van der Waals surface area contributed by atoms with E-state index in [2.05, 4.69) is 59.7 Å². The molecule has 0 amide bonds. The third kappa shape index (κ3) is 2.93. The number of aromatic nitrogens is 2. The summed E-state index contributed by atoms with van der Waals surface area (Å²) in [5.74, 6) is 0. The summed E-state index contributed by atoms with van der Waals surface area (Å²) >= 11 is 5.67. The zero-order valence-corrected chi connectivity index (χ0v) is 15.7. The highest BCUT2D eigenvalue weighted by Crippen LogP contribution is 2.40. The van der Waals surface area contributed by atoms with Crippen LogP contribution in [-0.4, -0.2) is 26.1 Å². The van der Waals surface area contributed by atoms with Gasteiger partial charge in [0, 0.05) is 31.2 Å². The summed E-state index contributed by atoms with van der Waals surface area (Å²) in [5.41, 5.74) is 4.96. The van der Waals surface area contributed by atoms with Crippen molar-refractivity contribution in [3.8, 4) is 0 Å². The van der Waals surface area contributed by atoms with E-state index in [1.807, 2.05) is 18.3 Å². The van der Waals surface area contributed by atoms with Gasteiger partial charge in [-0.3, -0.25) is 4.98 Å². The minimum atomic E-state index is 0.0936. The van der Waals surface area contributed by atoms with Crippen molar-refractivity contribution in [2.75, 3.05) is 6.54 Å². The topological polar surface area (TPSA) is 33.1 Å². The molecule has 1 saturated heterocycles. The van der Waals surface area contributed by atoms with Gasteiger partial charge in [0.15, 0.2) is 5.11 Å². The summed E-state index contributed by atoms with van der Waals surface area (Å²) in [4.78, 5) is 6.94. The minimum absolute atomic E-state index is 0.0936. The van der Waals surface area contributed by atoms with Crippen LogP contribution >= 0.6 is 12.2 Å². The number of unbranched alkanes of at least 4 members (excludes halogenated alkanes) is 1. The van der Waals surface area contributed by atoms with E-state index in [0.29, 0.717) is 0 Å². The highest BCUT2D eigenvalue weighted by Gasteiger charge is 2.40. The first-order valence-corrected chi connectivity index (χ1v) is 9.06. The average molecular weight is 343 g/mol. The van der Waals surface area contributed by atoms with Crippen molar-refractivity contribution < 1.29 is 0 Å². The lowest BCUT2D eigenvalue weighted by atomic mass is 9.96. The first-order valence-electron chi connectivity index (χ1n) is 8.65. The Morgan fingerprint density at radius 2 is 2.08 bits per heavy atom. The van der Waals surface area contributed by atoms with Crippen molar-refractivity contribution in [1.29, 1.82) is 0 Å². The Labute approximate surface area is 149 Å². The van der Waals surface area contributed by atoms with Crippen molar-refractivity contribution in [1.82, 2.24) is 19.8 Å². The second-order valence-corrected chi connectivity index (χ2v) is 6.95. The lowest BCUT2D eigenvalue weighted by Crippen LogP contribution is -2.30. The lowest BCUT2D eigenvalue weighted by molar-refractivity contribution is 0.311. The Bertz CT molecular complexity index is 722. The number of nitrogens with one attached hydrogen (secondary N) is 1. The number of aryl methyl sites for hydroxylation is 1. The maximum Gasteiger partial charge on any atom is 0.170 e. The maximum absolute atomic E-state index is 5.67. The van der Waals surface area contributed by atoms with Gasteiger partial charge in [0.05, 0.1) is 17.8 Å². The smallest absolute Gasteiger partial charge is 0.170 e. The Balaban J connectivity index is 2.05. The van der Waals surface area contributed by atoms with Crippen molar-refractivity contribution in [2.45, 2.75) is 45.7 Å². The van der Waals surface area contributed by atoms with Gasteiger partial charge in [0.2, 0.25) is 0 Å². The van der Waals surface area contributed by atoms with Gasteiger partial charge in [0.25, 0.3) is 0 Å². The number of pyridine rings is 1. The monoisotopic (exact) mass is 342 g/mol. The fourth-order valence-corrected chi connectivity index (χ4v) is 3.83. The quantitative estimate of drug-likeness (QED) is 0.838. The normalized spacial score (nSPS) is 20.5. The summed E-state index contributed by atoms with van der Waals surface area (Å²) < 4.78 is 2.25. The summed E-state index contributed by atoms with van der Waals surface area (Å²) in [6.07, 6.45) is 4.15. The molecule has 0 spiro atoms. The molecule has 0 saturated carbocycles. The molecule has 0 aliphatic carbocycles. The molecule has 1 N–H and O–H groups in total. The third-order valence-corrected chi connectivity index (χ3v) is 5.44. The molecule has 24 heavy (non-hydrogen) atoms. The van der Waals surface area contributed by atoms with E-state index in [0.717, 1.165) is 30.2 Å². The van der Waals surface area contributed by atoms with Crippen LogP contribution < -0.4 is 5.32 Å². The van der Waals surface area contributed by atoms with Crippen LogP contribution in [-0.2, 0) is 7.05 Å². The SMILES string of the molecule is CCCCN1C(=S)N[C@@H](c2ccccn2)[C@@H]1c1cc(C)n(C)c1C. The molecule has 2 atom stereocenters. The molecule has 0 bridgehead atoms. The fraction of sp³-hybridized carbons (Fsp3) is 0.474. The highest BCUT2D eigenvalue weighted by molar-refractivity contribution is 7.80. The Morgan fingerprint density at radius 3 is 2.67 bits per heavy atom. The molecule has 5 heteroatoms. The molecule has 2 aromatic heterocycles. The summed E-state index contributed by atoms with van der Waals surface area (Å²) in [5, 5.41) is 4.36. The molecule has 0 aromatic carbocycles. The van der Waals surface area contributed by atoms with E-state index in [4.69, 9.17) is 12.2 Å². The van der Waals surface area contributed by atoms with Crippen LogP contribution in [0.1, 0.15) is 54.5 Å². The van der Waals surface area contributed by atoms with Gasteiger partial charge in [-0.1, -0.05) is 19.4 Å². The Hall–Kier alpha value is -1.88. The number of rotatable bonds is 5. The molecule has 4 nitrogen and oxygen atoms in total. The van der Waals surface area contributed by atoms with E-state index in [1.54, 1.807) is 0 Å². The van der Waals surface area contributed by atoms with E-state index in [1.165, 1.54) is 17.0 Å². The maximum atomic E-state index is 5.67. The van der Waals surface area contributed by atoms with Gasteiger partial charge in [-0.2, -0.15) is 0 Å². The molecule has 0 unspecified atom stereocenters. The first-order chi connectivity index (χ1) is 11.5. The molecular formula is C19H26N4S. The van der Waals surface area contributed by atoms with Crippen molar-refractivity contribution in [2.24, 2.45) is 7.05 Å². The molecule has 1 aliphatic rings. The van der Waals surface area contributed by atoms with Gasteiger partial charge in [-0.05, 0) is 56.2 Å². The number of hydrogen-bond donors (Lipinski definition) is 1. The summed E-state index contributed by atoms with van der Waals surface area (Å²) in [6.45, 7) is 7.54. The van der Waals surface area contributed by atoms with Gasteiger partial charge in [-0.25, -0.2) is 0 Å². The van der Waals surface area contributed by atoms with Crippen LogP contribution in [0.5, 0.6) is 0 Å². The zero-order valence-electron chi connectivity index (χ0n) is 14.9. The van der Waals surface area contributed by atoms with E-state index in [9.17, 15) is 0 Å². The van der Waals surface area contributed by atoms with E-state index >= 15 is 0 Å². The van der Waals surface area contributed by atoms with Crippen LogP contribution in [0.4, 0.5) is 0 Å². The Morgan fingerprint density at radius 1 is 1.29 bits per heavy atom. The number of nitrogens with zero attached hydrogens (tertiary/aromatic N) is 3. The van der Waals surface area contributed by atoms with E-state index < -0.39 is 0 Å². The van der Waals surface area contributed by atoms with Crippen molar-refractivity contribution >= 4 is 17.3 Å². The fourth-order valence-electron chi connectivity index (χ4n) is 3.50. The molecule has 3 heterocycles. The molecule has 2 aromatic rings.